The molecule has 0 aliphatic heterocycles. The minimum Gasteiger partial charge on any atom is -0.352 e. The standard InChI is InChI=1S/C15H24N4O2/c1-5-10(2)18-14(20)12(4)19-15(21)16-9-13-8-6-7-11(3)17-13/h6-8,10,12H,5,9H2,1-4H3,(H,18,20)(H2,16,19,21). The van der Waals surface area contributed by atoms with E-state index in [2.05, 4.69) is 20.9 Å². The second kappa shape index (κ2) is 8.24. The second-order valence-electron chi connectivity index (χ2n) is 5.14. The molecular weight excluding hydrogens is 268 g/mol. The van der Waals surface area contributed by atoms with Gasteiger partial charge in [0, 0.05) is 11.7 Å². The van der Waals surface area contributed by atoms with E-state index >= 15 is 0 Å². The average molecular weight is 292 g/mol. The maximum absolute atomic E-state index is 11.8. The third-order valence-electron chi connectivity index (χ3n) is 3.12. The number of carbonyl (C=O) groups excluding carboxylic acids is 2. The van der Waals surface area contributed by atoms with Gasteiger partial charge in [0.15, 0.2) is 0 Å². The minimum absolute atomic E-state index is 0.0984. The summed E-state index contributed by atoms with van der Waals surface area (Å²) in [6.45, 7) is 7.79. The van der Waals surface area contributed by atoms with E-state index in [1.807, 2.05) is 39.0 Å². The van der Waals surface area contributed by atoms with E-state index in [9.17, 15) is 9.59 Å². The molecule has 0 saturated heterocycles. The van der Waals surface area contributed by atoms with Crippen LogP contribution in [0, 0.1) is 6.92 Å². The molecule has 0 aliphatic carbocycles. The lowest BCUT2D eigenvalue weighted by Gasteiger charge is -2.17. The zero-order chi connectivity index (χ0) is 15.8. The first-order valence-corrected chi connectivity index (χ1v) is 7.19. The highest BCUT2D eigenvalue weighted by Gasteiger charge is 2.16. The summed E-state index contributed by atoms with van der Waals surface area (Å²) >= 11 is 0. The van der Waals surface area contributed by atoms with Gasteiger partial charge in [0.05, 0.1) is 12.2 Å². The first kappa shape index (κ1) is 16.9. The number of aromatic nitrogens is 1. The van der Waals surface area contributed by atoms with Crippen molar-refractivity contribution >= 4 is 11.9 Å². The van der Waals surface area contributed by atoms with Crippen molar-refractivity contribution in [1.82, 2.24) is 20.9 Å². The van der Waals surface area contributed by atoms with Gasteiger partial charge in [-0.15, -0.1) is 0 Å². The van der Waals surface area contributed by atoms with Crippen LogP contribution >= 0.6 is 0 Å². The summed E-state index contributed by atoms with van der Waals surface area (Å²) in [5.74, 6) is -0.187. The molecule has 0 aliphatic rings. The lowest BCUT2D eigenvalue weighted by Crippen LogP contribution is -2.50. The summed E-state index contributed by atoms with van der Waals surface area (Å²) in [4.78, 5) is 27.8. The number of nitrogens with one attached hydrogen (secondary N) is 3. The van der Waals surface area contributed by atoms with E-state index in [4.69, 9.17) is 0 Å². The molecule has 1 heterocycles. The minimum atomic E-state index is -0.579. The fourth-order valence-electron chi connectivity index (χ4n) is 1.65. The van der Waals surface area contributed by atoms with Crippen molar-refractivity contribution in [2.45, 2.75) is 52.7 Å². The molecule has 3 amide bonds. The van der Waals surface area contributed by atoms with Crippen LogP contribution in [0.2, 0.25) is 0 Å². The van der Waals surface area contributed by atoms with Crippen molar-refractivity contribution in [3.05, 3.63) is 29.6 Å². The molecule has 2 unspecified atom stereocenters. The molecule has 0 bridgehead atoms. The molecule has 1 rings (SSSR count). The maximum Gasteiger partial charge on any atom is 0.315 e. The summed E-state index contributed by atoms with van der Waals surface area (Å²) in [7, 11) is 0. The number of carbonyl (C=O) groups is 2. The van der Waals surface area contributed by atoms with Gasteiger partial charge in [0.1, 0.15) is 6.04 Å². The SMILES string of the molecule is CCC(C)NC(=O)C(C)NC(=O)NCc1cccc(C)n1. The van der Waals surface area contributed by atoms with Crippen LogP contribution < -0.4 is 16.0 Å². The number of pyridine rings is 1. The zero-order valence-electron chi connectivity index (χ0n) is 13.1. The van der Waals surface area contributed by atoms with E-state index in [1.54, 1.807) is 6.92 Å². The Morgan fingerprint density at radius 3 is 2.57 bits per heavy atom. The Hall–Kier alpha value is -2.11. The van der Waals surface area contributed by atoms with Crippen LogP contribution in [0.3, 0.4) is 0 Å². The van der Waals surface area contributed by atoms with Crippen molar-refractivity contribution in [2.24, 2.45) is 0 Å². The number of hydrogen-bond acceptors (Lipinski definition) is 3. The van der Waals surface area contributed by atoms with Crippen molar-refractivity contribution in [3.8, 4) is 0 Å². The number of rotatable bonds is 6. The molecule has 6 heteroatoms. The highest BCUT2D eigenvalue weighted by Crippen LogP contribution is 1.97. The fraction of sp³-hybridized carbons (Fsp3) is 0.533. The van der Waals surface area contributed by atoms with E-state index in [0.717, 1.165) is 17.8 Å². The van der Waals surface area contributed by atoms with E-state index in [-0.39, 0.29) is 18.0 Å². The Morgan fingerprint density at radius 2 is 1.95 bits per heavy atom. The molecule has 0 saturated carbocycles. The highest BCUT2D eigenvalue weighted by molar-refractivity contribution is 5.86. The highest BCUT2D eigenvalue weighted by atomic mass is 16.2. The smallest absolute Gasteiger partial charge is 0.315 e. The van der Waals surface area contributed by atoms with Gasteiger partial charge in [-0.05, 0) is 39.3 Å². The lowest BCUT2D eigenvalue weighted by atomic mass is 10.2. The van der Waals surface area contributed by atoms with Gasteiger partial charge in [-0.25, -0.2) is 4.79 Å². The summed E-state index contributed by atoms with van der Waals surface area (Å²) in [5, 5.41) is 8.11. The number of amides is 3. The predicted octanol–water partition coefficient (Wildman–Crippen LogP) is 1.49. The van der Waals surface area contributed by atoms with Crippen LogP contribution in [0.4, 0.5) is 4.79 Å². The Balaban J connectivity index is 2.37. The van der Waals surface area contributed by atoms with Gasteiger partial charge in [-0.2, -0.15) is 0 Å². The molecule has 0 fully saturated rings. The lowest BCUT2D eigenvalue weighted by molar-refractivity contribution is -0.123. The van der Waals surface area contributed by atoms with Crippen LogP contribution in [0.5, 0.6) is 0 Å². The number of aryl methyl sites for hydroxylation is 1. The molecule has 1 aromatic heterocycles. The number of hydrogen-bond donors (Lipinski definition) is 3. The Bertz CT molecular complexity index is 490. The van der Waals surface area contributed by atoms with Crippen LogP contribution in [0.25, 0.3) is 0 Å². The molecule has 0 spiro atoms. The Labute approximate surface area is 125 Å². The van der Waals surface area contributed by atoms with Gasteiger partial charge in [-0.3, -0.25) is 9.78 Å². The van der Waals surface area contributed by atoms with Gasteiger partial charge >= 0.3 is 6.03 Å². The molecule has 116 valence electrons. The molecule has 2 atom stereocenters. The molecule has 3 N–H and O–H groups in total. The number of nitrogens with zero attached hydrogens (tertiary/aromatic N) is 1. The van der Waals surface area contributed by atoms with Crippen LogP contribution in [0.1, 0.15) is 38.6 Å². The van der Waals surface area contributed by atoms with E-state index < -0.39 is 6.04 Å². The fourth-order valence-corrected chi connectivity index (χ4v) is 1.65. The van der Waals surface area contributed by atoms with Crippen LogP contribution in [-0.2, 0) is 11.3 Å². The largest absolute Gasteiger partial charge is 0.352 e. The molecule has 0 aromatic carbocycles. The normalized spacial score (nSPS) is 13.1. The number of urea groups is 1. The van der Waals surface area contributed by atoms with E-state index in [0.29, 0.717) is 6.54 Å². The third kappa shape index (κ3) is 6.25. The first-order chi connectivity index (χ1) is 9.92. The first-order valence-electron chi connectivity index (χ1n) is 7.19. The molecular formula is C15H24N4O2. The maximum atomic E-state index is 11.8. The topological polar surface area (TPSA) is 83.1 Å². The van der Waals surface area contributed by atoms with Gasteiger partial charge < -0.3 is 16.0 Å². The quantitative estimate of drug-likeness (QED) is 0.743. The van der Waals surface area contributed by atoms with Crippen molar-refractivity contribution < 1.29 is 9.59 Å². The van der Waals surface area contributed by atoms with Crippen molar-refractivity contribution in [3.63, 3.8) is 0 Å². The molecule has 0 radical (unpaired) electrons. The van der Waals surface area contributed by atoms with Gasteiger partial charge in [0.2, 0.25) is 5.91 Å². The summed E-state index contributed by atoms with van der Waals surface area (Å²) in [6, 6.07) is 4.76. The monoisotopic (exact) mass is 292 g/mol. The summed E-state index contributed by atoms with van der Waals surface area (Å²) in [6.07, 6.45) is 0.851. The van der Waals surface area contributed by atoms with Crippen molar-refractivity contribution in [2.75, 3.05) is 0 Å². The summed E-state index contributed by atoms with van der Waals surface area (Å²) < 4.78 is 0. The van der Waals surface area contributed by atoms with Crippen molar-refractivity contribution in [1.29, 1.82) is 0 Å². The zero-order valence-corrected chi connectivity index (χ0v) is 13.1. The van der Waals surface area contributed by atoms with Gasteiger partial charge in [-0.1, -0.05) is 13.0 Å². The van der Waals surface area contributed by atoms with Crippen LogP contribution in [0.15, 0.2) is 18.2 Å². The predicted molar refractivity (Wildman–Crippen MR) is 81.7 cm³/mol. The second-order valence-corrected chi connectivity index (χ2v) is 5.14. The molecule has 21 heavy (non-hydrogen) atoms. The molecule has 1 aromatic rings. The van der Waals surface area contributed by atoms with Gasteiger partial charge in [0.25, 0.3) is 0 Å². The third-order valence-corrected chi connectivity index (χ3v) is 3.12. The Morgan fingerprint density at radius 1 is 1.24 bits per heavy atom. The average Bonchev–Trinajstić information content (AvgIpc) is 2.45. The Kier molecular flexibility index (Phi) is 6.65. The van der Waals surface area contributed by atoms with Crippen LogP contribution in [-0.4, -0.2) is 29.0 Å². The molecule has 6 nitrogen and oxygen atoms in total. The summed E-state index contributed by atoms with van der Waals surface area (Å²) in [5.41, 5.74) is 1.68. The van der Waals surface area contributed by atoms with E-state index in [1.165, 1.54) is 0 Å².